The largest absolute Gasteiger partial charge is 0.480 e. The number of carboxylic acid groups (broad SMARTS) is 1. The third-order valence-electron chi connectivity index (χ3n) is 7.76. The predicted molar refractivity (Wildman–Crippen MR) is 167 cm³/mol. The number of piperidine rings is 1. The third kappa shape index (κ3) is 8.47. The van der Waals surface area contributed by atoms with Crippen molar-refractivity contribution in [2.45, 2.75) is 94.8 Å². The number of aliphatic carboxylic acids is 1. The number of anilines is 1. The highest BCUT2D eigenvalue weighted by molar-refractivity contribution is 7.89. The van der Waals surface area contributed by atoms with E-state index in [9.17, 15) is 32.7 Å². The maximum absolute atomic E-state index is 13.5. The van der Waals surface area contributed by atoms with Crippen LogP contribution in [0.1, 0.15) is 64.0 Å². The van der Waals surface area contributed by atoms with Crippen LogP contribution < -0.4 is 15.5 Å². The molecule has 0 spiro atoms. The number of carbonyl (C=O) groups is 4. The van der Waals surface area contributed by atoms with E-state index in [0.29, 0.717) is 24.9 Å². The SMILES string of the molecule is Cc1ccc(S(=O)(=O)N2CCC[C@H]2C(=O)N[C@@H](Cc2cccc(N(C(=O)OC(C)(C)C)C(=O)C3CCCCN3)c2)C(=O)O)cc1. The van der Waals surface area contributed by atoms with E-state index in [1.54, 1.807) is 51.1 Å². The average Bonchev–Trinajstić information content (AvgIpc) is 3.48. The Kier molecular flexibility index (Phi) is 10.7. The number of nitrogens with zero attached hydrogens (tertiary/aromatic N) is 2. The molecule has 0 radical (unpaired) electrons. The van der Waals surface area contributed by atoms with Gasteiger partial charge in [0.25, 0.3) is 5.91 Å². The highest BCUT2D eigenvalue weighted by atomic mass is 32.2. The molecule has 2 heterocycles. The third-order valence-corrected chi connectivity index (χ3v) is 9.68. The van der Waals surface area contributed by atoms with Crippen molar-refractivity contribution >= 4 is 39.6 Å². The molecule has 3 N–H and O–H groups in total. The fourth-order valence-electron chi connectivity index (χ4n) is 5.51. The van der Waals surface area contributed by atoms with Crippen LogP contribution in [0.3, 0.4) is 0 Å². The molecule has 2 aromatic rings. The predicted octanol–water partition coefficient (Wildman–Crippen LogP) is 3.37. The second-order valence-corrected chi connectivity index (χ2v) is 14.4. The van der Waals surface area contributed by atoms with Crippen molar-refractivity contribution in [2.75, 3.05) is 18.0 Å². The van der Waals surface area contributed by atoms with Crippen molar-refractivity contribution in [3.8, 4) is 0 Å². The molecule has 45 heavy (non-hydrogen) atoms. The number of carbonyl (C=O) groups excluding carboxylic acids is 3. The summed E-state index contributed by atoms with van der Waals surface area (Å²) in [6.45, 7) is 7.70. The molecule has 2 aromatic carbocycles. The van der Waals surface area contributed by atoms with Crippen molar-refractivity contribution in [1.29, 1.82) is 0 Å². The van der Waals surface area contributed by atoms with Gasteiger partial charge in [-0.2, -0.15) is 4.31 Å². The van der Waals surface area contributed by atoms with Crippen LogP contribution in [-0.2, 0) is 35.6 Å². The van der Waals surface area contributed by atoms with Gasteiger partial charge >= 0.3 is 12.1 Å². The Morgan fingerprint density at radius 1 is 1.07 bits per heavy atom. The summed E-state index contributed by atoms with van der Waals surface area (Å²) >= 11 is 0. The van der Waals surface area contributed by atoms with Gasteiger partial charge in [-0.25, -0.2) is 22.9 Å². The van der Waals surface area contributed by atoms with E-state index < -0.39 is 57.6 Å². The lowest BCUT2D eigenvalue weighted by Crippen LogP contribution is -2.52. The van der Waals surface area contributed by atoms with E-state index in [1.807, 2.05) is 6.92 Å². The van der Waals surface area contributed by atoms with Crippen LogP contribution in [-0.4, -0.2) is 78.5 Å². The molecule has 4 rings (SSSR count). The molecule has 0 bridgehead atoms. The summed E-state index contributed by atoms with van der Waals surface area (Å²) in [5, 5.41) is 15.7. The summed E-state index contributed by atoms with van der Waals surface area (Å²) in [7, 11) is -3.98. The molecule has 1 unspecified atom stereocenters. The number of imide groups is 1. The summed E-state index contributed by atoms with van der Waals surface area (Å²) < 4.78 is 33.3. The zero-order valence-corrected chi connectivity index (χ0v) is 26.9. The summed E-state index contributed by atoms with van der Waals surface area (Å²) in [6.07, 6.45) is 1.98. The molecule has 3 amide bonds. The maximum Gasteiger partial charge on any atom is 0.421 e. The van der Waals surface area contributed by atoms with Crippen LogP contribution in [0.5, 0.6) is 0 Å². The first kappa shape index (κ1) is 34.1. The van der Waals surface area contributed by atoms with Gasteiger partial charge in [-0.3, -0.25) is 9.59 Å². The number of aryl methyl sites for hydroxylation is 1. The van der Waals surface area contributed by atoms with E-state index in [4.69, 9.17) is 4.74 Å². The van der Waals surface area contributed by atoms with E-state index in [1.165, 1.54) is 18.2 Å². The lowest BCUT2D eigenvalue weighted by atomic mass is 10.0. The van der Waals surface area contributed by atoms with Crippen molar-refractivity contribution in [3.63, 3.8) is 0 Å². The quantitative estimate of drug-likeness (QED) is 0.372. The van der Waals surface area contributed by atoms with Gasteiger partial charge in [-0.15, -0.1) is 0 Å². The number of amides is 3. The lowest BCUT2D eigenvalue weighted by Gasteiger charge is -2.31. The van der Waals surface area contributed by atoms with E-state index in [2.05, 4.69) is 10.6 Å². The van der Waals surface area contributed by atoms with Crippen LogP contribution in [0.15, 0.2) is 53.4 Å². The molecule has 13 heteroatoms. The van der Waals surface area contributed by atoms with Gasteiger partial charge in [0.05, 0.1) is 16.6 Å². The van der Waals surface area contributed by atoms with Crippen LogP contribution >= 0.6 is 0 Å². The maximum atomic E-state index is 13.5. The Balaban J connectivity index is 1.54. The standard InChI is InChI=1S/C32H42N4O8S/c1-21-13-15-24(16-14-21)45(42,43)35-18-8-12-27(35)28(37)34-26(30(39)40)20-22-9-7-10-23(19-22)36(31(41)44-32(2,3)4)29(38)25-11-5-6-17-33-25/h7,9-10,13-16,19,25-27,33H,5-6,8,11-12,17-18,20H2,1-4H3,(H,34,37)(H,39,40)/t25?,26-,27-/m0/s1. The molecule has 0 aromatic heterocycles. The number of rotatable bonds is 9. The number of hydrogen-bond donors (Lipinski definition) is 3. The van der Waals surface area contributed by atoms with Crippen LogP contribution in [0.4, 0.5) is 10.5 Å². The molecular formula is C32H42N4O8S. The fourth-order valence-corrected chi connectivity index (χ4v) is 7.17. The van der Waals surface area contributed by atoms with E-state index in [-0.39, 0.29) is 30.0 Å². The highest BCUT2D eigenvalue weighted by Crippen LogP contribution is 2.27. The first-order valence-corrected chi connectivity index (χ1v) is 16.6. The van der Waals surface area contributed by atoms with Gasteiger partial charge in [-0.1, -0.05) is 36.2 Å². The van der Waals surface area contributed by atoms with Crippen LogP contribution in [0.25, 0.3) is 0 Å². The molecule has 2 saturated heterocycles. The van der Waals surface area contributed by atoms with Crippen molar-refractivity contribution in [3.05, 3.63) is 59.7 Å². The second kappa shape index (κ2) is 14.1. The molecule has 2 aliphatic heterocycles. The van der Waals surface area contributed by atoms with Crippen molar-refractivity contribution < 1.29 is 37.4 Å². The Morgan fingerprint density at radius 2 is 1.78 bits per heavy atom. The molecule has 12 nitrogen and oxygen atoms in total. The Morgan fingerprint density at radius 3 is 2.40 bits per heavy atom. The second-order valence-electron chi connectivity index (χ2n) is 12.5. The zero-order chi connectivity index (χ0) is 32.9. The normalized spacial score (nSPS) is 19.8. The Hall–Kier alpha value is -3.81. The number of nitrogens with one attached hydrogen (secondary N) is 2. The lowest BCUT2D eigenvalue weighted by molar-refractivity contribution is -0.142. The Bertz CT molecular complexity index is 1510. The minimum Gasteiger partial charge on any atom is -0.480 e. The molecule has 3 atom stereocenters. The number of benzene rings is 2. The smallest absolute Gasteiger partial charge is 0.421 e. The zero-order valence-electron chi connectivity index (χ0n) is 26.1. The molecule has 244 valence electrons. The first-order valence-electron chi connectivity index (χ1n) is 15.2. The number of carboxylic acids is 1. The summed E-state index contributed by atoms with van der Waals surface area (Å²) in [4.78, 5) is 53.5. The minimum absolute atomic E-state index is 0.0620. The molecule has 0 aliphatic carbocycles. The Labute approximate surface area is 264 Å². The number of sulfonamides is 1. The van der Waals surface area contributed by atoms with Gasteiger partial charge < -0.3 is 20.5 Å². The van der Waals surface area contributed by atoms with Crippen LogP contribution in [0.2, 0.25) is 0 Å². The summed E-state index contributed by atoms with van der Waals surface area (Å²) in [6, 6.07) is 9.60. The van der Waals surface area contributed by atoms with Gasteiger partial charge in [-0.05, 0) is 89.8 Å². The van der Waals surface area contributed by atoms with Gasteiger partial charge in [0.2, 0.25) is 15.9 Å². The molecule has 2 fully saturated rings. The van der Waals surface area contributed by atoms with Gasteiger partial charge in [0.15, 0.2) is 0 Å². The van der Waals surface area contributed by atoms with Gasteiger partial charge in [0, 0.05) is 13.0 Å². The van der Waals surface area contributed by atoms with Crippen LogP contribution in [0, 0.1) is 6.92 Å². The number of ether oxygens (including phenoxy) is 1. The number of hydrogen-bond acceptors (Lipinski definition) is 8. The minimum atomic E-state index is -3.98. The monoisotopic (exact) mass is 642 g/mol. The average molecular weight is 643 g/mol. The summed E-state index contributed by atoms with van der Waals surface area (Å²) in [5.41, 5.74) is 0.671. The topological polar surface area (TPSA) is 162 Å². The summed E-state index contributed by atoms with van der Waals surface area (Å²) in [5.74, 6) is -2.49. The van der Waals surface area contributed by atoms with Crippen molar-refractivity contribution in [1.82, 2.24) is 14.9 Å². The van der Waals surface area contributed by atoms with Crippen molar-refractivity contribution in [2.24, 2.45) is 0 Å². The van der Waals surface area contributed by atoms with E-state index >= 15 is 0 Å². The molecule has 0 saturated carbocycles. The molecule has 2 aliphatic rings. The molecular weight excluding hydrogens is 600 g/mol. The fraction of sp³-hybridized carbons (Fsp3) is 0.500. The van der Waals surface area contributed by atoms with E-state index in [0.717, 1.165) is 27.6 Å². The first-order chi connectivity index (χ1) is 21.2. The van der Waals surface area contributed by atoms with Gasteiger partial charge in [0.1, 0.15) is 17.7 Å². The highest BCUT2D eigenvalue weighted by Gasteiger charge is 2.41.